The Morgan fingerprint density at radius 1 is 1.17 bits per heavy atom. The van der Waals surface area contributed by atoms with Gasteiger partial charge in [0.1, 0.15) is 18.2 Å². The molecule has 0 radical (unpaired) electrons. The fourth-order valence-electron chi connectivity index (χ4n) is 3.90. The number of hydrogen-bond donors (Lipinski definition) is 1. The van der Waals surface area contributed by atoms with Crippen molar-refractivity contribution in [1.82, 2.24) is 14.9 Å². The van der Waals surface area contributed by atoms with Crippen molar-refractivity contribution in [3.05, 3.63) is 17.6 Å². The fourth-order valence-corrected chi connectivity index (χ4v) is 3.90. The minimum absolute atomic E-state index is 0.184. The molecule has 0 bridgehead atoms. The van der Waals surface area contributed by atoms with Gasteiger partial charge in [-0.05, 0) is 44.9 Å². The number of carbonyl (C=O) groups excluding carboxylic acids is 1. The molecule has 0 spiro atoms. The van der Waals surface area contributed by atoms with Crippen LogP contribution in [0.4, 0.5) is 5.82 Å². The van der Waals surface area contributed by atoms with Crippen molar-refractivity contribution in [3.8, 4) is 0 Å². The summed E-state index contributed by atoms with van der Waals surface area (Å²) < 4.78 is 5.52. The van der Waals surface area contributed by atoms with Crippen molar-refractivity contribution in [1.29, 1.82) is 0 Å². The number of ether oxygens (including phenoxy) is 1. The second-order valence-corrected chi connectivity index (χ2v) is 6.75. The van der Waals surface area contributed by atoms with Crippen molar-refractivity contribution in [2.75, 3.05) is 25.0 Å². The summed E-state index contributed by atoms with van der Waals surface area (Å²) in [5, 5.41) is 3.59. The van der Waals surface area contributed by atoms with E-state index in [1.54, 1.807) is 6.33 Å². The van der Waals surface area contributed by atoms with E-state index in [1.807, 2.05) is 4.90 Å². The van der Waals surface area contributed by atoms with Crippen LogP contribution in [0.5, 0.6) is 0 Å². The summed E-state index contributed by atoms with van der Waals surface area (Å²) in [7, 11) is 0. The molecule has 1 atom stereocenters. The predicted molar refractivity (Wildman–Crippen MR) is 86.3 cm³/mol. The fraction of sp³-hybridized carbons (Fsp3) is 0.706. The third kappa shape index (κ3) is 3.04. The summed E-state index contributed by atoms with van der Waals surface area (Å²) in [5.41, 5.74) is 2.50. The zero-order chi connectivity index (χ0) is 15.6. The van der Waals surface area contributed by atoms with Crippen LogP contribution in [0.1, 0.15) is 43.4 Å². The highest BCUT2D eigenvalue weighted by atomic mass is 16.5. The van der Waals surface area contributed by atoms with E-state index in [2.05, 4.69) is 15.3 Å². The van der Waals surface area contributed by atoms with Gasteiger partial charge < -0.3 is 15.0 Å². The van der Waals surface area contributed by atoms with Crippen LogP contribution < -0.4 is 5.32 Å². The van der Waals surface area contributed by atoms with E-state index in [4.69, 9.17) is 4.74 Å². The number of nitrogens with one attached hydrogen (secondary N) is 1. The molecular formula is C17H24N4O2. The van der Waals surface area contributed by atoms with Gasteiger partial charge in [-0.1, -0.05) is 0 Å². The van der Waals surface area contributed by atoms with Crippen LogP contribution in [0.15, 0.2) is 6.33 Å². The van der Waals surface area contributed by atoms with E-state index in [0.717, 1.165) is 64.0 Å². The van der Waals surface area contributed by atoms with Crippen molar-refractivity contribution in [2.24, 2.45) is 0 Å². The number of fused-ring (bicyclic) bond motifs is 1. The molecule has 2 saturated heterocycles. The number of hydrogen-bond acceptors (Lipinski definition) is 5. The second kappa shape index (κ2) is 6.43. The average Bonchev–Trinajstić information content (AvgIpc) is 3.27. The van der Waals surface area contributed by atoms with Crippen LogP contribution in [0.2, 0.25) is 0 Å². The Labute approximate surface area is 136 Å². The number of amides is 1. The smallest absolute Gasteiger partial charge is 0.251 e. The van der Waals surface area contributed by atoms with Gasteiger partial charge in [0.2, 0.25) is 0 Å². The van der Waals surface area contributed by atoms with E-state index in [0.29, 0.717) is 6.04 Å². The summed E-state index contributed by atoms with van der Waals surface area (Å²) in [6.07, 6.45) is 8.63. The van der Waals surface area contributed by atoms with Gasteiger partial charge in [0.15, 0.2) is 0 Å². The van der Waals surface area contributed by atoms with Gasteiger partial charge in [-0.2, -0.15) is 0 Å². The Morgan fingerprint density at radius 3 is 2.83 bits per heavy atom. The lowest BCUT2D eigenvalue weighted by Crippen LogP contribution is -2.46. The first-order valence-corrected chi connectivity index (χ1v) is 8.81. The summed E-state index contributed by atoms with van der Waals surface area (Å²) >= 11 is 0. The number of aromatic nitrogens is 2. The number of piperidine rings is 1. The molecule has 2 aliphatic heterocycles. The molecule has 124 valence electrons. The molecule has 6 heteroatoms. The molecule has 1 amide bonds. The lowest BCUT2D eigenvalue weighted by Gasteiger charge is -2.34. The molecule has 1 aromatic heterocycles. The normalized spacial score (nSPS) is 24.7. The quantitative estimate of drug-likeness (QED) is 0.916. The van der Waals surface area contributed by atoms with Crippen molar-refractivity contribution >= 4 is 11.7 Å². The predicted octanol–water partition coefficient (Wildman–Crippen LogP) is 1.55. The Hall–Kier alpha value is -1.69. The molecule has 3 heterocycles. The number of aryl methyl sites for hydroxylation is 1. The Bertz CT molecular complexity index is 578. The zero-order valence-corrected chi connectivity index (χ0v) is 13.5. The van der Waals surface area contributed by atoms with Crippen molar-refractivity contribution in [3.63, 3.8) is 0 Å². The maximum Gasteiger partial charge on any atom is 0.251 e. The molecule has 1 N–H and O–H groups in total. The molecule has 0 aromatic carbocycles. The SMILES string of the molecule is O=C([C@H]1CCCO1)N1CCC(Nc2ncnc3c2CCC3)CC1. The summed E-state index contributed by atoms with van der Waals surface area (Å²) in [4.78, 5) is 23.2. The summed E-state index contributed by atoms with van der Waals surface area (Å²) in [6, 6.07) is 0.392. The largest absolute Gasteiger partial charge is 0.368 e. The molecule has 6 nitrogen and oxygen atoms in total. The van der Waals surface area contributed by atoms with Crippen LogP contribution in [0.25, 0.3) is 0 Å². The van der Waals surface area contributed by atoms with Gasteiger partial charge in [-0.15, -0.1) is 0 Å². The van der Waals surface area contributed by atoms with Gasteiger partial charge in [-0.25, -0.2) is 9.97 Å². The first-order chi connectivity index (χ1) is 11.3. The molecule has 0 saturated carbocycles. The van der Waals surface area contributed by atoms with Crippen LogP contribution in [-0.4, -0.2) is 52.6 Å². The highest BCUT2D eigenvalue weighted by Crippen LogP contribution is 2.27. The number of anilines is 1. The monoisotopic (exact) mass is 316 g/mol. The summed E-state index contributed by atoms with van der Waals surface area (Å²) in [6.45, 7) is 2.35. The second-order valence-electron chi connectivity index (χ2n) is 6.75. The first kappa shape index (κ1) is 14.9. The van der Waals surface area contributed by atoms with E-state index >= 15 is 0 Å². The van der Waals surface area contributed by atoms with Crippen molar-refractivity contribution < 1.29 is 9.53 Å². The number of carbonyl (C=O) groups is 1. The Balaban J connectivity index is 1.33. The molecule has 4 rings (SSSR count). The Morgan fingerprint density at radius 2 is 2.04 bits per heavy atom. The minimum atomic E-state index is -0.190. The van der Waals surface area contributed by atoms with E-state index in [9.17, 15) is 4.79 Å². The summed E-state index contributed by atoms with van der Waals surface area (Å²) in [5.74, 6) is 1.19. The minimum Gasteiger partial charge on any atom is -0.368 e. The van der Waals surface area contributed by atoms with Crippen molar-refractivity contribution in [2.45, 2.75) is 57.1 Å². The standard InChI is InChI=1S/C17H24N4O2/c22-17(15-5-2-10-23-15)21-8-6-12(7-9-21)20-16-13-3-1-4-14(13)18-11-19-16/h11-12,15H,1-10H2,(H,18,19,20)/t15-/m1/s1. The number of rotatable bonds is 3. The Kier molecular flexibility index (Phi) is 4.16. The van der Waals surface area contributed by atoms with Crippen LogP contribution >= 0.6 is 0 Å². The van der Waals surface area contributed by atoms with Gasteiger partial charge in [0, 0.05) is 37.0 Å². The van der Waals surface area contributed by atoms with Crippen LogP contribution in [0.3, 0.4) is 0 Å². The number of nitrogens with zero attached hydrogens (tertiary/aromatic N) is 3. The van der Waals surface area contributed by atoms with E-state index < -0.39 is 0 Å². The topological polar surface area (TPSA) is 67.3 Å². The molecule has 3 aliphatic rings. The highest BCUT2D eigenvalue weighted by molar-refractivity contribution is 5.81. The van der Waals surface area contributed by atoms with E-state index in [-0.39, 0.29) is 12.0 Å². The molecule has 1 aliphatic carbocycles. The third-order valence-corrected chi connectivity index (χ3v) is 5.23. The first-order valence-electron chi connectivity index (χ1n) is 8.81. The number of likely N-dealkylation sites (tertiary alicyclic amines) is 1. The lowest BCUT2D eigenvalue weighted by atomic mass is 10.0. The maximum atomic E-state index is 12.4. The molecule has 23 heavy (non-hydrogen) atoms. The van der Waals surface area contributed by atoms with E-state index in [1.165, 1.54) is 17.7 Å². The third-order valence-electron chi connectivity index (χ3n) is 5.23. The van der Waals surface area contributed by atoms with Crippen LogP contribution in [0, 0.1) is 0 Å². The maximum absolute atomic E-state index is 12.4. The lowest BCUT2D eigenvalue weighted by molar-refractivity contribution is -0.141. The molecule has 0 unspecified atom stereocenters. The van der Waals surface area contributed by atoms with Crippen LogP contribution in [-0.2, 0) is 22.4 Å². The zero-order valence-electron chi connectivity index (χ0n) is 13.5. The van der Waals surface area contributed by atoms with Gasteiger partial charge >= 0.3 is 0 Å². The van der Waals surface area contributed by atoms with Gasteiger partial charge in [-0.3, -0.25) is 4.79 Å². The molecule has 2 fully saturated rings. The van der Waals surface area contributed by atoms with Gasteiger partial charge in [0.05, 0.1) is 0 Å². The molecule has 1 aromatic rings. The average molecular weight is 316 g/mol. The highest BCUT2D eigenvalue weighted by Gasteiger charge is 2.31. The van der Waals surface area contributed by atoms with Gasteiger partial charge in [0.25, 0.3) is 5.91 Å². The molecular weight excluding hydrogens is 292 g/mol.